The predicted molar refractivity (Wildman–Crippen MR) is 79.3 cm³/mol. The van der Waals surface area contributed by atoms with Crippen LogP contribution in [0.25, 0.3) is 0 Å². The van der Waals surface area contributed by atoms with Crippen LogP contribution < -0.4 is 0 Å². The zero-order valence-electron chi connectivity index (χ0n) is 11.9. The first kappa shape index (κ1) is 17.7. The molecule has 0 spiro atoms. The van der Waals surface area contributed by atoms with Gasteiger partial charge in [0.05, 0.1) is 15.5 Å². The fraction of sp³-hybridized carbons (Fsp3) is 0.214. The lowest BCUT2D eigenvalue weighted by atomic mass is 10.2. The zero-order chi connectivity index (χ0) is 17.3. The first-order valence-electron chi connectivity index (χ1n) is 6.34. The van der Waals surface area contributed by atoms with Crippen molar-refractivity contribution < 1.29 is 21.6 Å². The number of hydrogen-bond donors (Lipinski definition) is 0. The van der Waals surface area contributed by atoms with Crippen LogP contribution in [0.2, 0.25) is 5.02 Å². The summed E-state index contributed by atoms with van der Waals surface area (Å²) in [6, 6.07) is 5.76. The van der Waals surface area contributed by atoms with Gasteiger partial charge in [0.2, 0.25) is 10.0 Å². The van der Waals surface area contributed by atoms with Crippen molar-refractivity contribution in [3.8, 4) is 0 Å². The Bertz CT molecular complexity index is 795. The van der Waals surface area contributed by atoms with Crippen LogP contribution in [0.4, 0.5) is 13.2 Å². The average Bonchev–Trinajstić information content (AvgIpc) is 2.47. The number of sulfonamides is 1. The summed E-state index contributed by atoms with van der Waals surface area (Å²) in [7, 11) is -2.79. The van der Waals surface area contributed by atoms with E-state index >= 15 is 0 Å². The van der Waals surface area contributed by atoms with E-state index in [-0.39, 0.29) is 6.54 Å². The Balaban J connectivity index is 2.36. The SMILES string of the molecule is CN(Cc1ccncc1)S(=O)(=O)c1ccc(Cl)c(C(F)(F)F)c1. The Hall–Kier alpha value is -1.64. The van der Waals surface area contributed by atoms with Crippen molar-refractivity contribution in [2.45, 2.75) is 17.6 Å². The van der Waals surface area contributed by atoms with Crippen LogP contribution in [0, 0.1) is 0 Å². The zero-order valence-corrected chi connectivity index (χ0v) is 13.5. The molecular formula is C14H12ClF3N2O2S. The highest BCUT2D eigenvalue weighted by Gasteiger charge is 2.35. The van der Waals surface area contributed by atoms with Gasteiger partial charge in [-0.3, -0.25) is 4.98 Å². The van der Waals surface area contributed by atoms with Gasteiger partial charge >= 0.3 is 6.18 Å². The first-order valence-corrected chi connectivity index (χ1v) is 8.16. The van der Waals surface area contributed by atoms with Crippen molar-refractivity contribution in [1.82, 2.24) is 9.29 Å². The molecule has 23 heavy (non-hydrogen) atoms. The van der Waals surface area contributed by atoms with Gasteiger partial charge < -0.3 is 0 Å². The Morgan fingerprint density at radius 3 is 2.35 bits per heavy atom. The number of hydrogen-bond acceptors (Lipinski definition) is 3. The standard InChI is InChI=1S/C14H12ClF3N2O2S/c1-20(9-10-4-6-19-7-5-10)23(21,22)11-2-3-13(15)12(8-11)14(16,17)18/h2-8H,9H2,1H3. The average molecular weight is 365 g/mol. The second kappa shape index (κ2) is 6.46. The van der Waals surface area contributed by atoms with E-state index in [1.807, 2.05) is 0 Å². The number of alkyl halides is 3. The quantitative estimate of drug-likeness (QED) is 0.833. The molecule has 0 aliphatic rings. The monoisotopic (exact) mass is 364 g/mol. The predicted octanol–water partition coefficient (Wildman–Crippen LogP) is 3.57. The number of pyridine rings is 1. The van der Waals surface area contributed by atoms with E-state index < -0.39 is 31.7 Å². The molecular weight excluding hydrogens is 353 g/mol. The molecule has 0 unspecified atom stereocenters. The summed E-state index contributed by atoms with van der Waals surface area (Å²) >= 11 is 5.50. The summed E-state index contributed by atoms with van der Waals surface area (Å²) in [6.45, 7) is 0.00876. The third kappa shape index (κ3) is 4.01. The second-order valence-corrected chi connectivity index (χ2v) is 7.21. The lowest BCUT2D eigenvalue weighted by Gasteiger charge is -2.18. The van der Waals surface area contributed by atoms with Crippen LogP contribution in [-0.2, 0) is 22.7 Å². The molecule has 0 bridgehead atoms. The normalized spacial score (nSPS) is 12.6. The van der Waals surface area contributed by atoms with Gasteiger partial charge in [-0.15, -0.1) is 0 Å². The molecule has 124 valence electrons. The molecule has 2 rings (SSSR count). The van der Waals surface area contributed by atoms with Gasteiger partial charge in [-0.1, -0.05) is 11.6 Å². The number of nitrogens with zero attached hydrogens (tertiary/aromatic N) is 2. The van der Waals surface area contributed by atoms with Gasteiger partial charge in [0.1, 0.15) is 0 Å². The molecule has 2 aromatic rings. The van der Waals surface area contributed by atoms with E-state index in [0.717, 1.165) is 16.4 Å². The van der Waals surface area contributed by atoms with Crippen molar-refractivity contribution in [3.63, 3.8) is 0 Å². The van der Waals surface area contributed by atoms with E-state index in [2.05, 4.69) is 4.98 Å². The van der Waals surface area contributed by atoms with E-state index in [1.54, 1.807) is 12.1 Å². The summed E-state index contributed by atoms with van der Waals surface area (Å²) in [6.07, 6.45) is -1.73. The van der Waals surface area contributed by atoms with Crippen molar-refractivity contribution in [2.24, 2.45) is 0 Å². The third-order valence-corrected chi connectivity index (χ3v) is 5.23. The van der Waals surface area contributed by atoms with Crippen molar-refractivity contribution >= 4 is 21.6 Å². The number of benzene rings is 1. The Kier molecular flexibility index (Phi) is 4.98. The molecule has 0 aliphatic heterocycles. The van der Waals surface area contributed by atoms with Gasteiger partial charge in [0, 0.05) is 26.0 Å². The molecule has 0 atom stereocenters. The van der Waals surface area contributed by atoms with Gasteiger partial charge in [0.15, 0.2) is 0 Å². The maximum absolute atomic E-state index is 12.9. The summed E-state index contributed by atoms with van der Waals surface area (Å²) in [4.78, 5) is 3.35. The molecule has 0 N–H and O–H groups in total. The minimum Gasteiger partial charge on any atom is -0.265 e. The van der Waals surface area contributed by atoms with Crippen LogP contribution in [0.1, 0.15) is 11.1 Å². The van der Waals surface area contributed by atoms with E-state index in [0.29, 0.717) is 11.6 Å². The van der Waals surface area contributed by atoms with Crippen molar-refractivity contribution in [3.05, 3.63) is 58.9 Å². The largest absolute Gasteiger partial charge is 0.417 e. The van der Waals surface area contributed by atoms with Gasteiger partial charge in [0.25, 0.3) is 0 Å². The highest BCUT2D eigenvalue weighted by atomic mass is 35.5. The number of rotatable bonds is 4. The number of halogens is 4. The molecule has 1 aromatic carbocycles. The third-order valence-electron chi connectivity index (χ3n) is 3.11. The highest BCUT2D eigenvalue weighted by molar-refractivity contribution is 7.89. The maximum atomic E-state index is 12.9. The van der Waals surface area contributed by atoms with Crippen LogP contribution >= 0.6 is 11.6 Å². The molecule has 0 saturated heterocycles. The molecule has 0 fully saturated rings. The molecule has 0 radical (unpaired) electrons. The summed E-state index contributed by atoms with van der Waals surface area (Å²) in [5.74, 6) is 0. The summed E-state index contributed by atoms with van der Waals surface area (Å²) in [5, 5.41) is -0.548. The van der Waals surface area contributed by atoms with E-state index in [1.165, 1.54) is 19.4 Å². The first-order chi connectivity index (χ1) is 10.6. The Morgan fingerprint density at radius 2 is 1.78 bits per heavy atom. The minimum atomic E-state index is -4.73. The molecule has 0 amide bonds. The highest BCUT2D eigenvalue weighted by Crippen LogP contribution is 2.36. The molecule has 4 nitrogen and oxygen atoms in total. The number of aromatic nitrogens is 1. The lowest BCUT2D eigenvalue weighted by molar-refractivity contribution is -0.137. The van der Waals surface area contributed by atoms with Crippen molar-refractivity contribution in [1.29, 1.82) is 0 Å². The van der Waals surface area contributed by atoms with Crippen LogP contribution in [-0.4, -0.2) is 24.8 Å². The van der Waals surface area contributed by atoms with Gasteiger partial charge in [-0.05, 0) is 35.9 Å². The topological polar surface area (TPSA) is 50.3 Å². The van der Waals surface area contributed by atoms with Gasteiger partial charge in [-0.2, -0.15) is 17.5 Å². The Labute approximate surface area is 136 Å². The fourth-order valence-electron chi connectivity index (χ4n) is 1.89. The fourth-order valence-corrected chi connectivity index (χ4v) is 3.30. The van der Waals surface area contributed by atoms with Crippen LogP contribution in [0.3, 0.4) is 0 Å². The maximum Gasteiger partial charge on any atom is 0.417 e. The van der Waals surface area contributed by atoms with Crippen molar-refractivity contribution in [2.75, 3.05) is 7.05 Å². The Morgan fingerprint density at radius 1 is 1.17 bits per heavy atom. The second-order valence-electron chi connectivity index (χ2n) is 4.76. The van der Waals surface area contributed by atoms with E-state index in [4.69, 9.17) is 11.6 Å². The summed E-state index contributed by atoms with van der Waals surface area (Å²) in [5.41, 5.74) is -0.520. The molecule has 0 aliphatic carbocycles. The summed E-state index contributed by atoms with van der Waals surface area (Å²) < 4.78 is 64.4. The van der Waals surface area contributed by atoms with Crippen LogP contribution in [0.5, 0.6) is 0 Å². The minimum absolute atomic E-state index is 0.00876. The van der Waals surface area contributed by atoms with Gasteiger partial charge in [-0.25, -0.2) is 8.42 Å². The van der Waals surface area contributed by atoms with E-state index in [9.17, 15) is 21.6 Å². The molecule has 0 saturated carbocycles. The van der Waals surface area contributed by atoms with Crippen LogP contribution in [0.15, 0.2) is 47.6 Å². The molecule has 1 aromatic heterocycles. The smallest absolute Gasteiger partial charge is 0.265 e. The lowest BCUT2D eigenvalue weighted by Crippen LogP contribution is -2.26. The molecule has 1 heterocycles. The molecule has 9 heteroatoms.